The molecule has 0 fully saturated rings. The topological polar surface area (TPSA) is 58.6 Å². The molecule has 0 aromatic heterocycles. The van der Waals surface area contributed by atoms with Crippen molar-refractivity contribution < 1.29 is 14.6 Å². The fourth-order valence-corrected chi connectivity index (χ4v) is 1.82. The van der Waals surface area contributed by atoms with Gasteiger partial charge in [-0.2, -0.15) is 0 Å². The highest BCUT2D eigenvalue weighted by molar-refractivity contribution is 6.03. The van der Waals surface area contributed by atoms with E-state index in [1.807, 2.05) is 12.1 Å². The van der Waals surface area contributed by atoms with Gasteiger partial charge >= 0.3 is 0 Å². The van der Waals surface area contributed by atoms with E-state index in [0.717, 1.165) is 0 Å². The Balaban J connectivity index is 2.52. The first-order valence-electron chi connectivity index (χ1n) is 4.94. The number of ether oxygens (including phenoxy) is 1. The zero-order chi connectivity index (χ0) is 11.8. The number of aliphatic hydroxyl groups is 1. The van der Waals surface area contributed by atoms with Crippen molar-refractivity contribution in [1.82, 2.24) is 5.32 Å². The maximum absolute atomic E-state index is 11.3. The van der Waals surface area contributed by atoms with Gasteiger partial charge in [0.1, 0.15) is 5.75 Å². The number of amides is 1. The van der Waals surface area contributed by atoms with Crippen LogP contribution in [0.15, 0.2) is 30.3 Å². The minimum absolute atomic E-state index is 0.300. The van der Waals surface area contributed by atoms with E-state index >= 15 is 0 Å². The van der Waals surface area contributed by atoms with Crippen molar-refractivity contribution in [2.75, 3.05) is 7.11 Å². The number of carbonyl (C=O) groups excluding carboxylic acids is 1. The Labute approximate surface area is 93.5 Å². The van der Waals surface area contributed by atoms with Crippen LogP contribution in [-0.4, -0.2) is 23.8 Å². The van der Waals surface area contributed by atoms with E-state index in [9.17, 15) is 9.90 Å². The van der Waals surface area contributed by atoms with Gasteiger partial charge in [0, 0.05) is 17.2 Å². The molecule has 1 aliphatic heterocycles. The number of benzene rings is 1. The van der Waals surface area contributed by atoms with Crippen molar-refractivity contribution in [2.24, 2.45) is 0 Å². The molecule has 1 atom stereocenters. The van der Waals surface area contributed by atoms with Gasteiger partial charge in [-0.15, -0.1) is 0 Å². The zero-order valence-corrected chi connectivity index (χ0v) is 9.15. The molecule has 0 bridgehead atoms. The SMILES string of the molecule is COc1ccccc1C1=CC(=O)NC1(C)O. The third-order valence-electron chi connectivity index (χ3n) is 2.56. The minimum atomic E-state index is -1.34. The third kappa shape index (κ3) is 1.67. The molecular weight excluding hydrogens is 206 g/mol. The predicted molar refractivity (Wildman–Crippen MR) is 59.7 cm³/mol. The molecular formula is C12H13NO3. The summed E-state index contributed by atoms with van der Waals surface area (Å²) in [6.45, 7) is 1.54. The molecule has 0 radical (unpaired) electrons. The smallest absolute Gasteiger partial charge is 0.246 e. The van der Waals surface area contributed by atoms with Gasteiger partial charge in [-0.1, -0.05) is 18.2 Å². The molecule has 4 nitrogen and oxygen atoms in total. The van der Waals surface area contributed by atoms with E-state index in [0.29, 0.717) is 16.9 Å². The van der Waals surface area contributed by atoms with Gasteiger partial charge in [0.2, 0.25) is 5.91 Å². The Kier molecular flexibility index (Phi) is 2.44. The van der Waals surface area contributed by atoms with Crippen molar-refractivity contribution in [1.29, 1.82) is 0 Å². The molecule has 1 unspecified atom stereocenters. The lowest BCUT2D eigenvalue weighted by Gasteiger charge is -2.22. The molecule has 1 amide bonds. The number of methoxy groups -OCH3 is 1. The molecule has 0 aliphatic carbocycles. The standard InChI is InChI=1S/C12H13NO3/c1-12(15)9(7-11(14)13-12)8-5-3-4-6-10(8)16-2/h3-7,15H,1-2H3,(H,13,14). The fraction of sp³-hybridized carbons (Fsp3) is 0.250. The van der Waals surface area contributed by atoms with Crippen LogP contribution in [0.5, 0.6) is 5.75 Å². The Hall–Kier alpha value is -1.81. The molecule has 0 saturated heterocycles. The highest BCUT2D eigenvalue weighted by Crippen LogP contribution is 2.34. The van der Waals surface area contributed by atoms with Crippen molar-refractivity contribution in [3.63, 3.8) is 0 Å². The summed E-state index contributed by atoms with van der Waals surface area (Å²) in [5.74, 6) is 0.330. The summed E-state index contributed by atoms with van der Waals surface area (Å²) in [6, 6.07) is 7.26. The highest BCUT2D eigenvalue weighted by Gasteiger charge is 2.35. The summed E-state index contributed by atoms with van der Waals surface area (Å²) < 4.78 is 5.20. The number of para-hydroxylation sites is 1. The zero-order valence-electron chi connectivity index (χ0n) is 9.15. The first-order chi connectivity index (χ1) is 7.54. The maximum Gasteiger partial charge on any atom is 0.246 e. The van der Waals surface area contributed by atoms with Crippen LogP contribution in [0.3, 0.4) is 0 Å². The molecule has 1 aromatic carbocycles. The van der Waals surface area contributed by atoms with Crippen LogP contribution in [0.2, 0.25) is 0 Å². The van der Waals surface area contributed by atoms with Crippen LogP contribution >= 0.6 is 0 Å². The monoisotopic (exact) mass is 219 g/mol. The van der Waals surface area contributed by atoms with Gasteiger partial charge in [0.05, 0.1) is 7.11 Å². The van der Waals surface area contributed by atoms with Crippen molar-refractivity contribution >= 4 is 11.5 Å². The highest BCUT2D eigenvalue weighted by atomic mass is 16.5. The lowest BCUT2D eigenvalue weighted by molar-refractivity contribution is -0.119. The van der Waals surface area contributed by atoms with Gasteiger partial charge in [0.15, 0.2) is 5.72 Å². The molecule has 1 heterocycles. The van der Waals surface area contributed by atoms with Crippen molar-refractivity contribution in [2.45, 2.75) is 12.6 Å². The van der Waals surface area contributed by atoms with Crippen LogP contribution < -0.4 is 10.1 Å². The molecule has 4 heteroatoms. The molecule has 2 N–H and O–H groups in total. The van der Waals surface area contributed by atoms with Gasteiger partial charge < -0.3 is 15.2 Å². The van der Waals surface area contributed by atoms with Gasteiger partial charge in [-0.3, -0.25) is 4.79 Å². The van der Waals surface area contributed by atoms with E-state index in [1.54, 1.807) is 19.2 Å². The Morgan fingerprint density at radius 2 is 2.06 bits per heavy atom. The lowest BCUT2D eigenvalue weighted by Crippen LogP contribution is -2.40. The van der Waals surface area contributed by atoms with Crippen LogP contribution in [0.1, 0.15) is 12.5 Å². The summed E-state index contributed by atoms with van der Waals surface area (Å²) in [5.41, 5.74) is -0.102. The molecule has 2 rings (SSSR count). The van der Waals surface area contributed by atoms with Gasteiger partial charge in [-0.25, -0.2) is 0 Å². The molecule has 1 aromatic rings. The summed E-state index contributed by atoms with van der Waals surface area (Å²) in [5, 5.41) is 12.5. The summed E-state index contributed by atoms with van der Waals surface area (Å²) in [7, 11) is 1.55. The Bertz CT molecular complexity index is 463. The van der Waals surface area contributed by atoms with E-state index in [2.05, 4.69) is 5.32 Å². The van der Waals surface area contributed by atoms with Crippen LogP contribution in [0, 0.1) is 0 Å². The van der Waals surface area contributed by atoms with Crippen LogP contribution in [0.25, 0.3) is 5.57 Å². The molecule has 0 saturated carbocycles. The van der Waals surface area contributed by atoms with E-state index in [4.69, 9.17) is 4.74 Å². The fourth-order valence-electron chi connectivity index (χ4n) is 1.82. The van der Waals surface area contributed by atoms with E-state index in [1.165, 1.54) is 13.0 Å². The number of rotatable bonds is 2. The molecule has 1 aliphatic rings. The summed E-state index contributed by atoms with van der Waals surface area (Å²) in [4.78, 5) is 11.3. The average Bonchev–Trinajstić information content (AvgIpc) is 2.51. The Morgan fingerprint density at radius 3 is 2.62 bits per heavy atom. The minimum Gasteiger partial charge on any atom is -0.496 e. The molecule has 16 heavy (non-hydrogen) atoms. The summed E-state index contributed by atoms with van der Waals surface area (Å²) in [6.07, 6.45) is 1.39. The number of hydrogen-bond donors (Lipinski definition) is 2. The Morgan fingerprint density at radius 1 is 1.38 bits per heavy atom. The number of hydrogen-bond acceptors (Lipinski definition) is 3. The quantitative estimate of drug-likeness (QED) is 0.777. The summed E-state index contributed by atoms with van der Waals surface area (Å²) >= 11 is 0. The normalized spacial score (nSPS) is 23.9. The second-order valence-corrected chi connectivity index (χ2v) is 3.82. The van der Waals surface area contributed by atoms with Crippen molar-refractivity contribution in [3.05, 3.63) is 35.9 Å². The average molecular weight is 219 g/mol. The lowest BCUT2D eigenvalue weighted by atomic mass is 9.98. The largest absolute Gasteiger partial charge is 0.496 e. The van der Waals surface area contributed by atoms with Crippen molar-refractivity contribution in [3.8, 4) is 5.75 Å². The maximum atomic E-state index is 11.3. The number of nitrogens with one attached hydrogen (secondary N) is 1. The number of carbonyl (C=O) groups is 1. The second kappa shape index (κ2) is 3.64. The first-order valence-corrected chi connectivity index (χ1v) is 4.94. The van der Waals surface area contributed by atoms with Gasteiger partial charge in [-0.05, 0) is 13.0 Å². The van der Waals surface area contributed by atoms with E-state index < -0.39 is 5.72 Å². The van der Waals surface area contributed by atoms with Crippen LogP contribution in [-0.2, 0) is 4.79 Å². The second-order valence-electron chi connectivity index (χ2n) is 3.82. The predicted octanol–water partition coefficient (Wildman–Crippen LogP) is 0.917. The van der Waals surface area contributed by atoms with Crippen LogP contribution in [0.4, 0.5) is 0 Å². The van der Waals surface area contributed by atoms with Gasteiger partial charge in [0.25, 0.3) is 0 Å². The third-order valence-corrected chi connectivity index (χ3v) is 2.56. The molecule has 84 valence electrons. The van der Waals surface area contributed by atoms with E-state index in [-0.39, 0.29) is 5.91 Å². The first kappa shape index (κ1) is 10.7. The molecule has 0 spiro atoms.